The lowest BCUT2D eigenvalue weighted by Gasteiger charge is -2.37. The van der Waals surface area contributed by atoms with Gasteiger partial charge in [-0.15, -0.1) is 0 Å². The Balaban J connectivity index is 1.71. The van der Waals surface area contributed by atoms with E-state index >= 15 is 0 Å². The van der Waals surface area contributed by atoms with E-state index in [0.29, 0.717) is 17.9 Å². The van der Waals surface area contributed by atoms with Crippen molar-refractivity contribution in [3.05, 3.63) is 35.9 Å². The summed E-state index contributed by atoms with van der Waals surface area (Å²) in [5.74, 6) is 1.09. The molecule has 0 amide bonds. The minimum atomic E-state index is -0.0967. The van der Waals surface area contributed by atoms with E-state index in [1.807, 2.05) is 0 Å². The third-order valence-corrected chi connectivity index (χ3v) is 4.75. The number of hydrogen-bond acceptors (Lipinski definition) is 2. The zero-order valence-corrected chi connectivity index (χ0v) is 10.9. The quantitative estimate of drug-likeness (QED) is 0.839. The fourth-order valence-corrected chi connectivity index (χ4v) is 3.73. The minimum Gasteiger partial charge on any atom is -0.393 e. The first-order valence-corrected chi connectivity index (χ1v) is 7.31. The van der Waals surface area contributed by atoms with Gasteiger partial charge in [0.05, 0.1) is 6.10 Å². The molecule has 18 heavy (non-hydrogen) atoms. The second-order valence-corrected chi connectivity index (χ2v) is 5.85. The Morgan fingerprint density at radius 2 is 1.89 bits per heavy atom. The van der Waals surface area contributed by atoms with Crippen molar-refractivity contribution in [2.24, 2.45) is 5.92 Å². The van der Waals surface area contributed by atoms with Crippen LogP contribution >= 0.6 is 0 Å². The van der Waals surface area contributed by atoms with Crippen LogP contribution in [0.3, 0.4) is 0 Å². The van der Waals surface area contributed by atoms with Crippen molar-refractivity contribution in [2.45, 2.75) is 50.2 Å². The molecule has 2 heteroatoms. The normalized spacial score (nSPS) is 36.7. The molecular weight excluding hydrogens is 222 g/mol. The maximum absolute atomic E-state index is 10.3. The highest BCUT2D eigenvalue weighted by Gasteiger charge is 2.36. The fraction of sp³-hybridized carbons (Fsp3) is 0.625. The van der Waals surface area contributed by atoms with Crippen LogP contribution < -0.4 is 5.32 Å². The van der Waals surface area contributed by atoms with Crippen LogP contribution in [0.15, 0.2) is 30.3 Å². The van der Waals surface area contributed by atoms with Crippen LogP contribution in [0.25, 0.3) is 0 Å². The van der Waals surface area contributed by atoms with Crippen molar-refractivity contribution < 1.29 is 5.11 Å². The highest BCUT2D eigenvalue weighted by molar-refractivity contribution is 5.20. The molecule has 2 aliphatic rings. The lowest BCUT2D eigenvalue weighted by Crippen LogP contribution is -2.41. The molecule has 0 aromatic heterocycles. The molecule has 1 saturated heterocycles. The van der Waals surface area contributed by atoms with Gasteiger partial charge in [0, 0.05) is 12.0 Å². The van der Waals surface area contributed by atoms with Crippen LogP contribution in [0.1, 0.15) is 43.6 Å². The van der Waals surface area contributed by atoms with E-state index in [0.717, 1.165) is 25.8 Å². The van der Waals surface area contributed by atoms with Crippen LogP contribution in [0, 0.1) is 5.92 Å². The van der Waals surface area contributed by atoms with Crippen LogP contribution in [0.2, 0.25) is 0 Å². The van der Waals surface area contributed by atoms with Crippen molar-refractivity contribution in [2.75, 3.05) is 6.54 Å². The summed E-state index contributed by atoms with van der Waals surface area (Å²) in [6, 6.07) is 11.4. The molecule has 2 nitrogen and oxygen atoms in total. The first kappa shape index (κ1) is 12.2. The lowest BCUT2D eigenvalue weighted by molar-refractivity contribution is 0.0444. The van der Waals surface area contributed by atoms with E-state index in [-0.39, 0.29) is 6.10 Å². The summed E-state index contributed by atoms with van der Waals surface area (Å²) >= 11 is 0. The second-order valence-electron chi connectivity index (χ2n) is 5.85. The number of hydrogen-bond donors (Lipinski definition) is 2. The molecule has 1 heterocycles. The third-order valence-electron chi connectivity index (χ3n) is 4.75. The summed E-state index contributed by atoms with van der Waals surface area (Å²) in [5.41, 5.74) is 1.45. The summed E-state index contributed by atoms with van der Waals surface area (Å²) in [6.07, 6.45) is 5.65. The third kappa shape index (κ3) is 2.45. The van der Waals surface area contributed by atoms with Crippen LogP contribution in [-0.4, -0.2) is 23.8 Å². The fourth-order valence-electron chi connectivity index (χ4n) is 3.73. The lowest BCUT2D eigenvalue weighted by atomic mass is 9.73. The van der Waals surface area contributed by atoms with Gasteiger partial charge in [-0.1, -0.05) is 30.3 Å². The zero-order chi connectivity index (χ0) is 12.4. The Morgan fingerprint density at radius 1 is 1.06 bits per heavy atom. The molecule has 4 unspecified atom stereocenters. The van der Waals surface area contributed by atoms with Crippen LogP contribution in [-0.2, 0) is 0 Å². The van der Waals surface area contributed by atoms with E-state index < -0.39 is 0 Å². The van der Waals surface area contributed by atoms with Gasteiger partial charge in [0.2, 0.25) is 0 Å². The molecule has 98 valence electrons. The molecule has 0 radical (unpaired) electrons. The van der Waals surface area contributed by atoms with Crippen molar-refractivity contribution in [3.8, 4) is 0 Å². The number of nitrogens with one attached hydrogen (secondary N) is 1. The maximum atomic E-state index is 10.3. The predicted octanol–water partition coefficient (Wildman–Crippen LogP) is 2.68. The summed E-state index contributed by atoms with van der Waals surface area (Å²) in [5, 5.41) is 13.8. The predicted molar refractivity (Wildman–Crippen MR) is 73.6 cm³/mol. The average molecular weight is 245 g/mol. The second kappa shape index (κ2) is 5.41. The van der Waals surface area contributed by atoms with Crippen molar-refractivity contribution in [1.29, 1.82) is 0 Å². The van der Waals surface area contributed by atoms with E-state index in [2.05, 4.69) is 35.6 Å². The minimum absolute atomic E-state index is 0.0967. The molecule has 1 aliphatic carbocycles. The van der Waals surface area contributed by atoms with Crippen molar-refractivity contribution >= 4 is 0 Å². The Bertz CT molecular complexity index is 372. The highest BCUT2D eigenvalue weighted by Crippen LogP contribution is 2.39. The monoisotopic (exact) mass is 245 g/mol. The van der Waals surface area contributed by atoms with Gasteiger partial charge in [0.15, 0.2) is 0 Å². The molecule has 1 aromatic carbocycles. The largest absolute Gasteiger partial charge is 0.393 e. The maximum Gasteiger partial charge on any atom is 0.0583 e. The molecule has 4 atom stereocenters. The van der Waals surface area contributed by atoms with E-state index in [1.165, 1.54) is 18.4 Å². The molecule has 1 aromatic rings. The van der Waals surface area contributed by atoms with Crippen molar-refractivity contribution in [3.63, 3.8) is 0 Å². The Kier molecular flexibility index (Phi) is 3.67. The highest BCUT2D eigenvalue weighted by atomic mass is 16.3. The first-order valence-electron chi connectivity index (χ1n) is 7.31. The van der Waals surface area contributed by atoms with E-state index in [1.54, 1.807) is 0 Å². The molecule has 3 rings (SSSR count). The van der Waals surface area contributed by atoms with Gasteiger partial charge in [-0.3, -0.25) is 0 Å². The summed E-state index contributed by atoms with van der Waals surface area (Å²) in [4.78, 5) is 0. The number of rotatable bonds is 2. The standard InChI is InChI=1S/C16H23NO/c18-16-9-8-13(12-5-2-1-3-6-12)11-14(16)15-7-4-10-17-15/h1-3,5-6,13-18H,4,7-11H2. The molecule has 1 saturated carbocycles. The average Bonchev–Trinajstić information content (AvgIpc) is 2.94. The van der Waals surface area contributed by atoms with E-state index in [4.69, 9.17) is 0 Å². The summed E-state index contributed by atoms with van der Waals surface area (Å²) in [7, 11) is 0. The molecular formula is C16H23NO. The SMILES string of the molecule is OC1CCC(c2ccccc2)CC1C1CCCN1. The first-order chi connectivity index (χ1) is 8.84. The summed E-state index contributed by atoms with van der Waals surface area (Å²) in [6.45, 7) is 1.13. The van der Waals surface area contributed by atoms with Crippen LogP contribution in [0.4, 0.5) is 0 Å². The molecule has 0 spiro atoms. The molecule has 2 fully saturated rings. The topological polar surface area (TPSA) is 32.3 Å². The number of aliphatic hydroxyl groups excluding tert-OH is 1. The zero-order valence-electron chi connectivity index (χ0n) is 10.9. The molecule has 0 bridgehead atoms. The van der Waals surface area contributed by atoms with Gasteiger partial charge in [0.25, 0.3) is 0 Å². The van der Waals surface area contributed by atoms with Gasteiger partial charge < -0.3 is 10.4 Å². The van der Waals surface area contributed by atoms with Crippen LogP contribution in [0.5, 0.6) is 0 Å². The van der Waals surface area contributed by atoms with Gasteiger partial charge in [-0.2, -0.15) is 0 Å². The number of aliphatic hydroxyl groups is 1. The van der Waals surface area contributed by atoms with Gasteiger partial charge in [-0.05, 0) is 50.1 Å². The smallest absolute Gasteiger partial charge is 0.0583 e. The molecule has 1 aliphatic heterocycles. The van der Waals surface area contributed by atoms with Crippen molar-refractivity contribution in [1.82, 2.24) is 5.32 Å². The number of benzene rings is 1. The summed E-state index contributed by atoms with van der Waals surface area (Å²) < 4.78 is 0. The Morgan fingerprint density at radius 3 is 2.61 bits per heavy atom. The van der Waals surface area contributed by atoms with Gasteiger partial charge in [-0.25, -0.2) is 0 Å². The van der Waals surface area contributed by atoms with Gasteiger partial charge >= 0.3 is 0 Å². The Hall–Kier alpha value is -0.860. The van der Waals surface area contributed by atoms with E-state index in [9.17, 15) is 5.11 Å². The van der Waals surface area contributed by atoms with Gasteiger partial charge in [0.1, 0.15) is 0 Å². The molecule has 2 N–H and O–H groups in total. The Labute approximate surface area is 109 Å².